The lowest BCUT2D eigenvalue weighted by molar-refractivity contribution is 0.122. The Morgan fingerprint density at radius 3 is 2.61 bits per heavy atom. The summed E-state index contributed by atoms with van der Waals surface area (Å²) in [5, 5.41) is 19.8. The Balaban J connectivity index is 1.80. The SMILES string of the molecule is Oc1ccc(N2CCOCC2)cc1CC1(O)CC1. The Bertz CT molecular complexity index is 437. The van der Waals surface area contributed by atoms with Gasteiger partial charge in [0.15, 0.2) is 0 Å². The second-order valence-corrected chi connectivity index (χ2v) is 5.31. The van der Waals surface area contributed by atoms with Crippen molar-refractivity contribution < 1.29 is 14.9 Å². The number of morpholine rings is 1. The maximum Gasteiger partial charge on any atom is 0.119 e. The molecule has 98 valence electrons. The van der Waals surface area contributed by atoms with Gasteiger partial charge in [0, 0.05) is 25.2 Å². The quantitative estimate of drug-likeness (QED) is 0.847. The summed E-state index contributed by atoms with van der Waals surface area (Å²) in [6.45, 7) is 3.27. The van der Waals surface area contributed by atoms with Crippen LogP contribution in [-0.4, -0.2) is 42.1 Å². The van der Waals surface area contributed by atoms with Crippen LogP contribution in [0.15, 0.2) is 18.2 Å². The van der Waals surface area contributed by atoms with E-state index < -0.39 is 5.60 Å². The molecular weight excluding hydrogens is 230 g/mol. The summed E-state index contributed by atoms with van der Waals surface area (Å²) in [5.41, 5.74) is 1.38. The second kappa shape index (κ2) is 4.44. The fourth-order valence-electron chi connectivity index (χ4n) is 2.41. The molecular formula is C14H19NO3. The molecule has 1 aromatic carbocycles. The molecule has 0 aromatic heterocycles. The molecule has 0 amide bonds. The third-order valence-corrected chi connectivity index (χ3v) is 3.79. The average Bonchev–Trinajstić information content (AvgIpc) is 3.11. The van der Waals surface area contributed by atoms with E-state index in [1.807, 2.05) is 12.1 Å². The molecule has 1 aliphatic heterocycles. The number of rotatable bonds is 3. The maximum absolute atomic E-state index is 9.96. The van der Waals surface area contributed by atoms with Crippen molar-refractivity contribution in [2.45, 2.75) is 24.9 Å². The predicted octanol–water partition coefficient (Wildman–Crippen LogP) is 1.30. The molecule has 4 heteroatoms. The zero-order valence-electron chi connectivity index (χ0n) is 10.4. The number of phenols is 1. The van der Waals surface area contributed by atoms with Gasteiger partial charge in [-0.15, -0.1) is 0 Å². The standard InChI is InChI=1S/C14H19NO3/c16-13-2-1-12(15-5-7-18-8-6-15)9-11(13)10-14(17)3-4-14/h1-2,9,16-17H,3-8,10H2. The van der Waals surface area contributed by atoms with Crippen molar-refractivity contribution in [2.75, 3.05) is 31.2 Å². The van der Waals surface area contributed by atoms with Crippen LogP contribution in [0.2, 0.25) is 0 Å². The summed E-state index contributed by atoms with van der Waals surface area (Å²) in [7, 11) is 0. The molecule has 1 aliphatic carbocycles. The van der Waals surface area contributed by atoms with Gasteiger partial charge < -0.3 is 19.8 Å². The predicted molar refractivity (Wildman–Crippen MR) is 69.0 cm³/mol. The van der Waals surface area contributed by atoms with Crippen LogP contribution in [-0.2, 0) is 11.2 Å². The molecule has 3 rings (SSSR count). The fourth-order valence-corrected chi connectivity index (χ4v) is 2.41. The van der Waals surface area contributed by atoms with E-state index in [4.69, 9.17) is 4.74 Å². The third kappa shape index (κ3) is 2.44. The molecule has 0 spiro atoms. The molecule has 1 saturated heterocycles. The van der Waals surface area contributed by atoms with Gasteiger partial charge in [-0.2, -0.15) is 0 Å². The molecule has 2 fully saturated rings. The van der Waals surface area contributed by atoms with E-state index in [-0.39, 0.29) is 5.75 Å². The van der Waals surface area contributed by atoms with E-state index in [0.29, 0.717) is 6.42 Å². The van der Waals surface area contributed by atoms with Gasteiger partial charge in [-0.05, 0) is 36.6 Å². The number of phenolic OH excluding ortho intramolecular Hbond substituents is 1. The normalized spacial score (nSPS) is 21.9. The van der Waals surface area contributed by atoms with E-state index >= 15 is 0 Å². The second-order valence-electron chi connectivity index (χ2n) is 5.31. The van der Waals surface area contributed by atoms with E-state index in [2.05, 4.69) is 4.90 Å². The highest BCUT2D eigenvalue weighted by atomic mass is 16.5. The number of hydrogen-bond donors (Lipinski definition) is 2. The first-order valence-corrected chi connectivity index (χ1v) is 6.53. The molecule has 0 radical (unpaired) electrons. The van der Waals surface area contributed by atoms with Gasteiger partial charge in [-0.25, -0.2) is 0 Å². The lowest BCUT2D eigenvalue weighted by Crippen LogP contribution is -2.36. The van der Waals surface area contributed by atoms with Crippen molar-refractivity contribution in [3.8, 4) is 5.75 Å². The Morgan fingerprint density at radius 1 is 1.22 bits per heavy atom. The molecule has 0 bridgehead atoms. The highest BCUT2D eigenvalue weighted by molar-refractivity contribution is 5.53. The molecule has 1 saturated carbocycles. The summed E-state index contributed by atoms with van der Waals surface area (Å²) in [6.07, 6.45) is 2.24. The first-order chi connectivity index (χ1) is 8.66. The number of aliphatic hydroxyl groups is 1. The molecule has 1 heterocycles. The van der Waals surface area contributed by atoms with Crippen LogP contribution >= 0.6 is 0 Å². The van der Waals surface area contributed by atoms with E-state index in [0.717, 1.165) is 50.4 Å². The van der Waals surface area contributed by atoms with Gasteiger partial charge in [-0.3, -0.25) is 0 Å². The smallest absolute Gasteiger partial charge is 0.119 e. The van der Waals surface area contributed by atoms with Crippen LogP contribution in [0.3, 0.4) is 0 Å². The van der Waals surface area contributed by atoms with Crippen LogP contribution in [0.1, 0.15) is 18.4 Å². The summed E-state index contributed by atoms with van der Waals surface area (Å²) in [5.74, 6) is 0.285. The molecule has 18 heavy (non-hydrogen) atoms. The zero-order valence-corrected chi connectivity index (χ0v) is 10.4. The van der Waals surface area contributed by atoms with Gasteiger partial charge in [0.2, 0.25) is 0 Å². The summed E-state index contributed by atoms with van der Waals surface area (Å²) < 4.78 is 5.33. The lowest BCUT2D eigenvalue weighted by atomic mass is 10.0. The number of anilines is 1. The van der Waals surface area contributed by atoms with E-state index in [9.17, 15) is 10.2 Å². The highest BCUT2D eigenvalue weighted by Crippen LogP contribution is 2.40. The molecule has 2 N–H and O–H groups in total. The van der Waals surface area contributed by atoms with Crippen molar-refractivity contribution in [3.63, 3.8) is 0 Å². The van der Waals surface area contributed by atoms with Crippen LogP contribution in [0.5, 0.6) is 5.75 Å². The summed E-state index contributed by atoms with van der Waals surface area (Å²) >= 11 is 0. The average molecular weight is 249 g/mol. The first kappa shape index (κ1) is 11.8. The van der Waals surface area contributed by atoms with Crippen LogP contribution in [0.25, 0.3) is 0 Å². The van der Waals surface area contributed by atoms with Crippen LogP contribution in [0, 0.1) is 0 Å². The minimum Gasteiger partial charge on any atom is -0.508 e. The van der Waals surface area contributed by atoms with Crippen LogP contribution in [0.4, 0.5) is 5.69 Å². The Morgan fingerprint density at radius 2 is 1.94 bits per heavy atom. The van der Waals surface area contributed by atoms with Crippen molar-refractivity contribution in [3.05, 3.63) is 23.8 Å². The Hall–Kier alpha value is -1.26. The highest BCUT2D eigenvalue weighted by Gasteiger charge is 2.40. The van der Waals surface area contributed by atoms with Crippen molar-refractivity contribution in [2.24, 2.45) is 0 Å². The van der Waals surface area contributed by atoms with Crippen molar-refractivity contribution >= 4 is 5.69 Å². The Labute approximate surface area is 107 Å². The molecule has 1 aromatic rings. The van der Waals surface area contributed by atoms with Gasteiger partial charge in [0.1, 0.15) is 5.75 Å². The molecule has 0 unspecified atom stereocenters. The number of hydrogen-bond acceptors (Lipinski definition) is 4. The fraction of sp³-hybridized carbons (Fsp3) is 0.571. The summed E-state index contributed by atoms with van der Waals surface area (Å²) in [4.78, 5) is 2.25. The van der Waals surface area contributed by atoms with Gasteiger partial charge in [-0.1, -0.05) is 0 Å². The first-order valence-electron chi connectivity index (χ1n) is 6.53. The Kier molecular flexibility index (Phi) is 2.92. The minimum absolute atomic E-state index is 0.285. The lowest BCUT2D eigenvalue weighted by Gasteiger charge is -2.29. The number of nitrogens with zero attached hydrogens (tertiary/aromatic N) is 1. The number of aromatic hydroxyl groups is 1. The molecule has 2 aliphatic rings. The number of ether oxygens (including phenoxy) is 1. The van der Waals surface area contributed by atoms with E-state index in [1.165, 1.54) is 0 Å². The number of benzene rings is 1. The maximum atomic E-state index is 9.96. The molecule has 4 nitrogen and oxygen atoms in total. The summed E-state index contributed by atoms with van der Waals surface area (Å²) in [6, 6.07) is 5.66. The topological polar surface area (TPSA) is 52.9 Å². The van der Waals surface area contributed by atoms with Crippen molar-refractivity contribution in [1.29, 1.82) is 0 Å². The third-order valence-electron chi connectivity index (χ3n) is 3.79. The van der Waals surface area contributed by atoms with Crippen molar-refractivity contribution in [1.82, 2.24) is 0 Å². The zero-order chi connectivity index (χ0) is 12.6. The minimum atomic E-state index is -0.568. The van der Waals surface area contributed by atoms with Crippen LogP contribution < -0.4 is 4.90 Å². The van der Waals surface area contributed by atoms with Gasteiger partial charge in [0.25, 0.3) is 0 Å². The largest absolute Gasteiger partial charge is 0.508 e. The van der Waals surface area contributed by atoms with E-state index in [1.54, 1.807) is 6.07 Å². The monoisotopic (exact) mass is 249 g/mol. The van der Waals surface area contributed by atoms with Gasteiger partial charge >= 0.3 is 0 Å². The van der Waals surface area contributed by atoms with Gasteiger partial charge in [0.05, 0.1) is 18.8 Å². The molecule has 0 atom stereocenters.